The van der Waals surface area contributed by atoms with E-state index in [1.807, 2.05) is 24.3 Å². The Morgan fingerprint density at radius 3 is 2.18 bits per heavy atom. The van der Waals surface area contributed by atoms with Gasteiger partial charge in [-0.15, -0.1) is 5.10 Å². The minimum atomic E-state index is 0.198. The number of para-hydroxylation sites is 2. The van der Waals surface area contributed by atoms with Gasteiger partial charge in [-0.2, -0.15) is 0 Å². The van der Waals surface area contributed by atoms with Gasteiger partial charge in [0.15, 0.2) is 0 Å². The Morgan fingerprint density at radius 1 is 0.857 bits per heavy atom. The average Bonchev–Trinajstić information content (AvgIpc) is 3.31. The molecular weight excluding hydrogens is 352 g/mol. The van der Waals surface area contributed by atoms with E-state index in [9.17, 15) is 5.11 Å². The van der Waals surface area contributed by atoms with Gasteiger partial charge in [-0.3, -0.25) is 0 Å². The number of rotatable bonds is 4. The van der Waals surface area contributed by atoms with Crippen LogP contribution in [0.1, 0.15) is 11.5 Å². The SMILES string of the molecule is Oc1ccc(/C=N/c2nnc(Cn3c4ccccc4c4ccccc43)o2)cc1. The van der Waals surface area contributed by atoms with Crippen LogP contribution in [0, 0.1) is 0 Å². The summed E-state index contributed by atoms with van der Waals surface area (Å²) in [7, 11) is 0. The van der Waals surface area contributed by atoms with E-state index in [1.165, 1.54) is 10.8 Å². The summed E-state index contributed by atoms with van der Waals surface area (Å²) >= 11 is 0. The molecule has 5 aromatic rings. The third-order valence-corrected chi connectivity index (χ3v) is 4.65. The summed E-state index contributed by atoms with van der Waals surface area (Å²) in [6.07, 6.45) is 1.62. The first-order valence-corrected chi connectivity index (χ1v) is 8.89. The highest BCUT2D eigenvalue weighted by Gasteiger charge is 2.13. The standard InChI is InChI=1S/C22H16N4O2/c27-16-11-9-15(10-12-16)13-23-22-25-24-21(28-22)14-26-19-7-3-1-5-17(19)18-6-2-4-8-20(18)26/h1-13,27H,14H2/b23-13+. The molecule has 136 valence electrons. The molecule has 2 heterocycles. The molecule has 2 aromatic heterocycles. The average molecular weight is 368 g/mol. The van der Waals surface area contributed by atoms with Gasteiger partial charge in [0.1, 0.15) is 12.3 Å². The molecule has 0 saturated heterocycles. The molecule has 3 aromatic carbocycles. The van der Waals surface area contributed by atoms with Crippen LogP contribution < -0.4 is 0 Å². The highest BCUT2D eigenvalue weighted by atomic mass is 16.4. The largest absolute Gasteiger partial charge is 0.508 e. The molecule has 0 saturated carbocycles. The third kappa shape index (κ3) is 2.91. The summed E-state index contributed by atoms with van der Waals surface area (Å²) in [6, 6.07) is 23.5. The lowest BCUT2D eigenvalue weighted by atomic mass is 10.2. The zero-order valence-corrected chi connectivity index (χ0v) is 14.9. The van der Waals surface area contributed by atoms with Gasteiger partial charge in [-0.1, -0.05) is 41.5 Å². The van der Waals surface area contributed by atoms with Crippen LogP contribution in [0.15, 0.2) is 82.2 Å². The number of phenolic OH excluding ortho intramolecular Hbond substituents is 1. The van der Waals surface area contributed by atoms with Crippen molar-refractivity contribution >= 4 is 34.0 Å². The minimum absolute atomic E-state index is 0.198. The molecule has 0 aliphatic heterocycles. The van der Waals surface area contributed by atoms with Crippen LogP contribution >= 0.6 is 0 Å². The maximum absolute atomic E-state index is 9.33. The quantitative estimate of drug-likeness (QED) is 0.467. The van der Waals surface area contributed by atoms with Crippen LogP contribution in [-0.4, -0.2) is 26.1 Å². The summed E-state index contributed by atoms with van der Waals surface area (Å²) in [5.74, 6) is 0.702. The van der Waals surface area contributed by atoms with Crippen LogP contribution in [0.5, 0.6) is 5.75 Å². The lowest BCUT2D eigenvalue weighted by molar-refractivity contribution is 0.475. The van der Waals surface area contributed by atoms with Crippen molar-refractivity contribution in [2.24, 2.45) is 4.99 Å². The summed E-state index contributed by atoms with van der Waals surface area (Å²) < 4.78 is 7.88. The molecule has 0 aliphatic carbocycles. The minimum Gasteiger partial charge on any atom is -0.508 e. The van der Waals surface area contributed by atoms with Gasteiger partial charge < -0.3 is 14.1 Å². The molecule has 6 nitrogen and oxygen atoms in total. The van der Waals surface area contributed by atoms with Gasteiger partial charge in [0, 0.05) is 28.0 Å². The van der Waals surface area contributed by atoms with Gasteiger partial charge in [-0.05, 0) is 42.0 Å². The van der Waals surface area contributed by atoms with Crippen LogP contribution in [0.3, 0.4) is 0 Å². The monoisotopic (exact) mass is 368 g/mol. The number of aromatic nitrogens is 3. The van der Waals surface area contributed by atoms with Crippen LogP contribution in [0.2, 0.25) is 0 Å². The first-order chi connectivity index (χ1) is 13.8. The number of phenols is 1. The van der Waals surface area contributed by atoms with E-state index in [2.05, 4.69) is 44.0 Å². The van der Waals surface area contributed by atoms with E-state index < -0.39 is 0 Å². The maximum atomic E-state index is 9.33. The lowest BCUT2D eigenvalue weighted by Crippen LogP contribution is -1.99. The van der Waals surface area contributed by atoms with Crippen molar-refractivity contribution in [3.8, 4) is 5.75 Å². The second-order valence-electron chi connectivity index (χ2n) is 6.45. The molecule has 0 fully saturated rings. The molecule has 6 heteroatoms. The molecular formula is C22H16N4O2. The number of hydrogen-bond acceptors (Lipinski definition) is 5. The molecule has 28 heavy (non-hydrogen) atoms. The second-order valence-corrected chi connectivity index (χ2v) is 6.45. The molecule has 0 unspecified atom stereocenters. The van der Waals surface area contributed by atoms with Gasteiger partial charge in [-0.25, -0.2) is 4.99 Å². The zero-order valence-electron chi connectivity index (χ0n) is 14.9. The van der Waals surface area contributed by atoms with Gasteiger partial charge in [0.25, 0.3) is 0 Å². The number of benzene rings is 3. The second kappa shape index (κ2) is 6.66. The summed E-state index contributed by atoms with van der Waals surface area (Å²) in [5.41, 5.74) is 3.08. The topological polar surface area (TPSA) is 76.4 Å². The van der Waals surface area contributed by atoms with Crippen LogP contribution in [-0.2, 0) is 6.54 Å². The van der Waals surface area contributed by atoms with E-state index in [1.54, 1.807) is 30.5 Å². The maximum Gasteiger partial charge on any atom is 0.342 e. The lowest BCUT2D eigenvalue weighted by Gasteiger charge is -2.03. The number of fused-ring (bicyclic) bond motifs is 3. The molecule has 5 rings (SSSR count). The van der Waals surface area contributed by atoms with E-state index in [0.717, 1.165) is 16.6 Å². The first-order valence-electron chi connectivity index (χ1n) is 8.89. The van der Waals surface area contributed by atoms with E-state index >= 15 is 0 Å². The first kappa shape index (κ1) is 16.3. The third-order valence-electron chi connectivity index (χ3n) is 4.65. The summed E-state index contributed by atoms with van der Waals surface area (Å²) in [6.45, 7) is 0.468. The van der Waals surface area contributed by atoms with Crippen molar-refractivity contribution in [2.75, 3.05) is 0 Å². The normalized spacial score (nSPS) is 11.7. The van der Waals surface area contributed by atoms with E-state index in [-0.39, 0.29) is 11.8 Å². The van der Waals surface area contributed by atoms with Gasteiger partial charge >= 0.3 is 6.01 Å². The fourth-order valence-electron chi connectivity index (χ4n) is 3.36. The fourth-order valence-corrected chi connectivity index (χ4v) is 3.36. The van der Waals surface area contributed by atoms with Crippen molar-refractivity contribution in [2.45, 2.75) is 6.54 Å². The Morgan fingerprint density at radius 2 is 1.50 bits per heavy atom. The Kier molecular flexibility index (Phi) is 3.87. The van der Waals surface area contributed by atoms with Crippen LogP contribution in [0.25, 0.3) is 21.8 Å². The summed E-state index contributed by atoms with van der Waals surface area (Å²) in [5, 5.41) is 19.9. The van der Waals surface area contributed by atoms with Gasteiger partial charge in [0.05, 0.1) is 0 Å². The smallest absolute Gasteiger partial charge is 0.342 e. The number of hydrogen-bond donors (Lipinski definition) is 1. The summed E-state index contributed by atoms with van der Waals surface area (Å²) in [4.78, 5) is 4.22. The Labute approximate surface area is 160 Å². The Balaban J connectivity index is 1.46. The zero-order chi connectivity index (χ0) is 18.9. The highest BCUT2D eigenvalue weighted by molar-refractivity contribution is 6.07. The predicted octanol–water partition coefficient (Wildman–Crippen LogP) is 4.68. The predicted molar refractivity (Wildman–Crippen MR) is 108 cm³/mol. The van der Waals surface area contributed by atoms with E-state index in [4.69, 9.17) is 4.42 Å². The molecule has 0 amide bonds. The Bertz CT molecular complexity index is 1250. The molecule has 0 bridgehead atoms. The van der Waals surface area contributed by atoms with E-state index in [0.29, 0.717) is 12.4 Å². The van der Waals surface area contributed by atoms with Gasteiger partial charge in [0.2, 0.25) is 5.89 Å². The molecule has 1 N–H and O–H groups in total. The van der Waals surface area contributed by atoms with Crippen molar-refractivity contribution in [1.82, 2.24) is 14.8 Å². The molecule has 0 aliphatic rings. The highest BCUT2D eigenvalue weighted by Crippen LogP contribution is 2.29. The number of nitrogens with zero attached hydrogens (tertiary/aromatic N) is 4. The van der Waals surface area contributed by atoms with Crippen molar-refractivity contribution in [3.63, 3.8) is 0 Å². The number of aromatic hydroxyl groups is 1. The molecule has 0 atom stereocenters. The van der Waals surface area contributed by atoms with Crippen molar-refractivity contribution in [3.05, 3.63) is 84.3 Å². The van der Waals surface area contributed by atoms with Crippen molar-refractivity contribution < 1.29 is 9.52 Å². The van der Waals surface area contributed by atoms with Crippen molar-refractivity contribution in [1.29, 1.82) is 0 Å². The Hall–Kier alpha value is -3.93. The number of aliphatic imine (C=N–C) groups is 1. The molecule has 0 radical (unpaired) electrons. The molecule has 0 spiro atoms. The fraction of sp³-hybridized carbons (Fsp3) is 0.0455. The van der Waals surface area contributed by atoms with Crippen LogP contribution in [0.4, 0.5) is 6.01 Å².